The summed E-state index contributed by atoms with van der Waals surface area (Å²) < 4.78 is 18.1. The summed E-state index contributed by atoms with van der Waals surface area (Å²) in [6.45, 7) is 2.04. The van der Waals surface area contributed by atoms with Crippen LogP contribution in [-0.4, -0.2) is 30.9 Å². The van der Waals surface area contributed by atoms with Crippen molar-refractivity contribution in [3.05, 3.63) is 18.0 Å². The first-order valence-corrected chi connectivity index (χ1v) is 6.69. The van der Waals surface area contributed by atoms with E-state index in [1.165, 1.54) is 0 Å². The van der Waals surface area contributed by atoms with Gasteiger partial charge < -0.3 is 24.5 Å². The van der Waals surface area contributed by atoms with Crippen molar-refractivity contribution in [2.75, 3.05) is 27.1 Å². The number of aromatic nitrogens is 2. The third-order valence-corrected chi connectivity index (χ3v) is 3.51. The number of nitrogens with zero attached hydrogens (tertiary/aromatic N) is 2. The molecule has 0 atom stereocenters. The molecule has 21 heavy (non-hydrogen) atoms. The Morgan fingerprint density at radius 2 is 1.76 bits per heavy atom. The number of hydrogen-bond donors (Lipinski definition) is 1. The van der Waals surface area contributed by atoms with Crippen LogP contribution in [0.5, 0.6) is 17.2 Å². The second-order valence-electron chi connectivity index (χ2n) is 4.56. The van der Waals surface area contributed by atoms with E-state index in [2.05, 4.69) is 4.98 Å². The average Bonchev–Trinajstić information content (AvgIpc) is 2.80. The highest BCUT2D eigenvalue weighted by Crippen LogP contribution is 2.45. The van der Waals surface area contributed by atoms with Gasteiger partial charge in [-0.15, -0.1) is 0 Å². The molecular formula is C15H21N3O3. The zero-order valence-corrected chi connectivity index (χ0v) is 13.1. The molecule has 2 aromatic rings. The topological polar surface area (TPSA) is 71.5 Å². The van der Waals surface area contributed by atoms with Gasteiger partial charge in [0, 0.05) is 13.5 Å². The summed E-state index contributed by atoms with van der Waals surface area (Å²) in [5.41, 5.74) is 7.64. The minimum absolute atomic E-state index is 0.528. The number of nitrogen functional groups attached to an aromatic ring is 1. The van der Waals surface area contributed by atoms with E-state index in [1.54, 1.807) is 21.3 Å². The summed E-state index contributed by atoms with van der Waals surface area (Å²) in [5.74, 6) is 3.20. The maximum Gasteiger partial charge on any atom is 0.203 e. The fourth-order valence-electron chi connectivity index (χ4n) is 2.36. The molecule has 0 amide bonds. The molecule has 0 saturated heterocycles. The van der Waals surface area contributed by atoms with Crippen LogP contribution in [0.2, 0.25) is 0 Å². The molecule has 2 rings (SSSR count). The first-order valence-electron chi connectivity index (χ1n) is 6.69. The summed E-state index contributed by atoms with van der Waals surface area (Å²) in [7, 11) is 6.64. The van der Waals surface area contributed by atoms with Gasteiger partial charge in [0.25, 0.3) is 0 Å². The summed E-state index contributed by atoms with van der Waals surface area (Å²) in [6, 6.07) is 3.69. The van der Waals surface area contributed by atoms with Crippen molar-refractivity contribution in [3.8, 4) is 28.5 Å². The molecular weight excluding hydrogens is 270 g/mol. The molecule has 0 aliphatic heterocycles. The summed E-state index contributed by atoms with van der Waals surface area (Å²) in [5, 5.41) is 0. The van der Waals surface area contributed by atoms with E-state index in [0.717, 1.165) is 17.8 Å². The lowest BCUT2D eigenvalue weighted by Crippen LogP contribution is -2.01. The van der Waals surface area contributed by atoms with E-state index < -0.39 is 0 Å². The quantitative estimate of drug-likeness (QED) is 0.915. The molecule has 0 unspecified atom stereocenters. The monoisotopic (exact) mass is 291 g/mol. The number of anilines is 1. The fraction of sp³-hybridized carbons (Fsp3) is 0.400. The number of ether oxygens (including phenoxy) is 3. The van der Waals surface area contributed by atoms with Crippen LogP contribution >= 0.6 is 0 Å². The Morgan fingerprint density at radius 3 is 2.24 bits per heavy atom. The molecule has 1 aromatic heterocycles. The number of aryl methyl sites for hydroxylation is 1. The van der Waals surface area contributed by atoms with Crippen molar-refractivity contribution in [1.82, 2.24) is 9.55 Å². The average molecular weight is 291 g/mol. The molecule has 0 aliphatic rings. The molecule has 0 bridgehead atoms. The van der Waals surface area contributed by atoms with Crippen molar-refractivity contribution in [2.24, 2.45) is 7.05 Å². The molecule has 1 heterocycles. The Hall–Kier alpha value is -2.37. The SMILES string of the molecule is CCc1nc(-c2ccc(OC)c(OC)c2OC)c(N)n1C. The maximum atomic E-state index is 6.17. The smallest absolute Gasteiger partial charge is 0.203 e. The van der Waals surface area contributed by atoms with Crippen molar-refractivity contribution in [1.29, 1.82) is 0 Å². The van der Waals surface area contributed by atoms with Gasteiger partial charge in [-0.25, -0.2) is 4.98 Å². The lowest BCUT2D eigenvalue weighted by Gasteiger charge is -2.15. The zero-order valence-electron chi connectivity index (χ0n) is 13.1. The molecule has 0 saturated carbocycles. The van der Waals surface area contributed by atoms with Gasteiger partial charge in [-0.05, 0) is 12.1 Å². The lowest BCUT2D eigenvalue weighted by atomic mass is 10.1. The van der Waals surface area contributed by atoms with Crippen LogP contribution in [0.3, 0.4) is 0 Å². The van der Waals surface area contributed by atoms with Crippen LogP contribution in [0, 0.1) is 0 Å². The van der Waals surface area contributed by atoms with Gasteiger partial charge in [0.05, 0.1) is 26.9 Å². The first kappa shape index (κ1) is 15.0. The number of nitrogens with two attached hydrogens (primary N) is 1. The highest BCUT2D eigenvalue weighted by atomic mass is 16.5. The van der Waals surface area contributed by atoms with Crippen molar-refractivity contribution < 1.29 is 14.2 Å². The minimum Gasteiger partial charge on any atom is -0.493 e. The highest BCUT2D eigenvalue weighted by molar-refractivity contribution is 5.80. The normalized spacial score (nSPS) is 10.5. The summed E-state index contributed by atoms with van der Waals surface area (Å²) in [4.78, 5) is 4.60. The lowest BCUT2D eigenvalue weighted by molar-refractivity contribution is 0.325. The third-order valence-electron chi connectivity index (χ3n) is 3.51. The molecule has 6 nitrogen and oxygen atoms in total. The molecule has 2 N–H and O–H groups in total. The van der Waals surface area contributed by atoms with Crippen molar-refractivity contribution >= 4 is 5.82 Å². The van der Waals surface area contributed by atoms with Crippen LogP contribution in [-0.2, 0) is 13.5 Å². The minimum atomic E-state index is 0.528. The molecule has 0 radical (unpaired) electrons. The van der Waals surface area contributed by atoms with Crippen LogP contribution in [0.25, 0.3) is 11.3 Å². The maximum absolute atomic E-state index is 6.17. The van der Waals surface area contributed by atoms with Crippen molar-refractivity contribution in [2.45, 2.75) is 13.3 Å². The van der Waals surface area contributed by atoms with Gasteiger partial charge in [-0.3, -0.25) is 0 Å². The largest absolute Gasteiger partial charge is 0.493 e. The van der Waals surface area contributed by atoms with Crippen molar-refractivity contribution in [3.63, 3.8) is 0 Å². The predicted octanol–water partition coefficient (Wildman–Crippen LogP) is 2.26. The fourth-order valence-corrected chi connectivity index (χ4v) is 2.36. The Bertz CT molecular complexity index is 650. The van der Waals surface area contributed by atoms with E-state index in [9.17, 15) is 0 Å². The second-order valence-corrected chi connectivity index (χ2v) is 4.56. The van der Waals surface area contributed by atoms with E-state index in [0.29, 0.717) is 28.8 Å². The van der Waals surface area contributed by atoms with Gasteiger partial charge in [-0.2, -0.15) is 0 Å². The van der Waals surface area contributed by atoms with Gasteiger partial charge in [0.15, 0.2) is 11.5 Å². The number of benzene rings is 1. The van der Waals surface area contributed by atoms with Crippen LogP contribution in [0.1, 0.15) is 12.7 Å². The van der Waals surface area contributed by atoms with E-state index in [-0.39, 0.29) is 0 Å². The van der Waals surface area contributed by atoms with Gasteiger partial charge >= 0.3 is 0 Å². The Labute approximate surface area is 124 Å². The molecule has 0 fully saturated rings. The molecule has 0 aliphatic carbocycles. The Kier molecular flexibility index (Phi) is 4.26. The predicted molar refractivity (Wildman–Crippen MR) is 82.1 cm³/mol. The standard InChI is InChI=1S/C15H21N3O3/c1-6-11-17-12(15(16)18(11)2)9-7-8-10(19-3)14(21-5)13(9)20-4/h7-8H,6,16H2,1-5H3. The van der Waals surface area contributed by atoms with Crippen LogP contribution < -0.4 is 19.9 Å². The Morgan fingerprint density at radius 1 is 1.10 bits per heavy atom. The number of imidazole rings is 1. The first-order chi connectivity index (χ1) is 10.1. The molecule has 114 valence electrons. The van der Waals surface area contributed by atoms with E-state index in [1.807, 2.05) is 30.7 Å². The van der Waals surface area contributed by atoms with Crippen LogP contribution in [0.4, 0.5) is 5.82 Å². The summed E-state index contributed by atoms with van der Waals surface area (Å²) in [6.07, 6.45) is 0.802. The number of hydrogen-bond acceptors (Lipinski definition) is 5. The molecule has 0 spiro atoms. The zero-order chi connectivity index (χ0) is 15.6. The highest BCUT2D eigenvalue weighted by Gasteiger charge is 2.21. The molecule has 6 heteroatoms. The van der Waals surface area contributed by atoms with Crippen LogP contribution in [0.15, 0.2) is 12.1 Å². The van der Waals surface area contributed by atoms with Gasteiger partial charge in [0.1, 0.15) is 17.3 Å². The second kappa shape index (κ2) is 5.95. The molecule has 1 aromatic carbocycles. The number of methoxy groups -OCH3 is 3. The third kappa shape index (κ3) is 2.37. The van der Waals surface area contributed by atoms with E-state index >= 15 is 0 Å². The van der Waals surface area contributed by atoms with Gasteiger partial charge in [-0.1, -0.05) is 6.92 Å². The van der Waals surface area contributed by atoms with E-state index in [4.69, 9.17) is 19.9 Å². The Balaban J connectivity index is 2.69. The van der Waals surface area contributed by atoms with Gasteiger partial charge in [0.2, 0.25) is 5.75 Å². The number of rotatable bonds is 5. The summed E-state index contributed by atoms with van der Waals surface area (Å²) >= 11 is 0.